The van der Waals surface area contributed by atoms with E-state index in [-0.39, 0.29) is 0 Å². The highest BCUT2D eigenvalue weighted by atomic mass is 14.8. The Balaban J connectivity index is 2.37. The van der Waals surface area contributed by atoms with Crippen LogP contribution in [0.2, 0.25) is 0 Å². The van der Waals surface area contributed by atoms with Crippen molar-refractivity contribution in [2.45, 2.75) is 6.92 Å². The van der Waals surface area contributed by atoms with Crippen LogP contribution < -0.4 is 0 Å². The van der Waals surface area contributed by atoms with Crippen molar-refractivity contribution in [3.05, 3.63) is 60.3 Å². The average molecular weight is 246 g/mol. The van der Waals surface area contributed by atoms with Crippen molar-refractivity contribution in [3.63, 3.8) is 0 Å². The fourth-order valence-electron chi connectivity index (χ4n) is 2.37. The van der Waals surface area contributed by atoms with E-state index in [1.54, 1.807) is 0 Å². The second kappa shape index (κ2) is 4.65. The fourth-order valence-corrected chi connectivity index (χ4v) is 2.37. The molecule has 2 nitrogen and oxygen atoms in total. The van der Waals surface area contributed by atoms with E-state index in [0.717, 1.165) is 22.2 Å². The Labute approximate surface area is 112 Å². The number of aliphatic imine (C=N–C) groups is 1. The molecule has 2 heteroatoms. The predicted octanol–water partition coefficient (Wildman–Crippen LogP) is 4.54. The van der Waals surface area contributed by atoms with Crippen molar-refractivity contribution < 1.29 is 0 Å². The highest BCUT2D eigenvalue weighted by Crippen LogP contribution is 2.33. The van der Waals surface area contributed by atoms with Crippen LogP contribution in [0.3, 0.4) is 0 Å². The first kappa shape index (κ1) is 11.6. The van der Waals surface area contributed by atoms with Crippen LogP contribution in [-0.4, -0.2) is 11.7 Å². The first-order valence-electron chi connectivity index (χ1n) is 6.22. The van der Waals surface area contributed by atoms with Gasteiger partial charge in [0.1, 0.15) is 0 Å². The summed E-state index contributed by atoms with van der Waals surface area (Å²) in [5.74, 6) is 0. The first-order valence-corrected chi connectivity index (χ1v) is 6.22. The molecule has 0 aliphatic rings. The van der Waals surface area contributed by atoms with E-state index in [1.165, 1.54) is 11.1 Å². The number of hydrogen-bond donors (Lipinski definition) is 0. The maximum atomic E-state index is 4.47. The van der Waals surface area contributed by atoms with Crippen LogP contribution in [0, 0.1) is 6.92 Å². The molecule has 19 heavy (non-hydrogen) atoms. The quantitative estimate of drug-likeness (QED) is 0.609. The van der Waals surface area contributed by atoms with E-state index in [4.69, 9.17) is 0 Å². The van der Waals surface area contributed by atoms with Crippen LogP contribution in [0.4, 0.5) is 5.69 Å². The Morgan fingerprint density at radius 3 is 2.53 bits per heavy atom. The molecule has 1 heterocycles. The summed E-state index contributed by atoms with van der Waals surface area (Å²) in [5.41, 5.74) is 5.25. The third-order valence-electron chi connectivity index (χ3n) is 3.33. The van der Waals surface area contributed by atoms with Crippen LogP contribution >= 0.6 is 0 Å². The normalized spacial score (nSPS) is 10.6. The number of pyridine rings is 1. The van der Waals surface area contributed by atoms with Crippen LogP contribution in [0.5, 0.6) is 0 Å². The summed E-state index contributed by atoms with van der Waals surface area (Å²) in [6.07, 6.45) is 1.83. The lowest BCUT2D eigenvalue weighted by atomic mass is 9.99. The molecule has 2 aromatic carbocycles. The molecule has 0 unspecified atom stereocenters. The van der Waals surface area contributed by atoms with Crippen molar-refractivity contribution in [2.24, 2.45) is 4.99 Å². The Kier molecular flexibility index (Phi) is 2.84. The van der Waals surface area contributed by atoms with E-state index >= 15 is 0 Å². The zero-order valence-electron chi connectivity index (χ0n) is 10.8. The molecule has 0 radical (unpaired) electrons. The lowest BCUT2D eigenvalue weighted by molar-refractivity contribution is 1.36. The fraction of sp³-hybridized carbons (Fsp3) is 0.0588. The minimum Gasteiger partial charge on any atom is -0.262 e. The zero-order valence-corrected chi connectivity index (χ0v) is 10.8. The van der Waals surface area contributed by atoms with Crippen LogP contribution in [-0.2, 0) is 0 Å². The van der Waals surface area contributed by atoms with Crippen molar-refractivity contribution >= 4 is 23.3 Å². The highest BCUT2D eigenvalue weighted by molar-refractivity contribution is 6.00. The molecule has 92 valence electrons. The van der Waals surface area contributed by atoms with Gasteiger partial charge in [-0.05, 0) is 36.4 Å². The molecule has 3 rings (SSSR count). The number of aryl methyl sites for hydroxylation is 1. The van der Waals surface area contributed by atoms with Gasteiger partial charge >= 0.3 is 0 Å². The molecule has 0 bridgehead atoms. The number of hydrogen-bond acceptors (Lipinski definition) is 2. The van der Waals surface area contributed by atoms with Gasteiger partial charge < -0.3 is 0 Å². The van der Waals surface area contributed by atoms with Gasteiger partial charge in [0, 0.05) is 11.6 Å². The SMILES string of the molecule is C=Nc1c(C)ccc2c(-c3ccccc3)ccnc12. The van der Waals surface area contributed by atoms with E-state index < -0.39 is 0 Å². The molecule has 0 N–H and O–H groups in total. The number of benzene rings is 2. The zero-order chi connectivity index (χ0) is 13.2. The average Bonchev–Trinajstić information content (AvgIpc) is 2.47. The molecular formula is C17H14N2. The molecule has 1 aromatic heterocycles. The predicted molar refractivity (Wildman–Crippen MR) is 81.1 cm³/mol. The summed E-state index contributed by atoms with van der Waals surface area (Å²) >= 11 is 0. The van der Waals surface area contributed by atoms with Gasteiger partial charge in [0.25, 0.3) is 0 Å². The van der Waals surface area contributed by atoms with Crippen molar-refractivity contribution in [2.75, 3.05) is 0 Å². The van der Waals surface area contributed by atoms with Gasteiger partial charge in [-0.2, -0.15) is 0 Å². The van der Waals surface area contributed by atoms with Crippen LogP contribution in [0.15, 0.2) is 59.7 Å². The number of nitrogens with zero attached hydrogens (tertiary/aromatic N) is 2. The van der Waals surface area contributed by atoms with Crippen molar-refractivity contribution in [1.29, 1.82) is 0 Å². The van der Waals surface area contributed by atoms with Crippen LogP contribution in [0.25, 0.3) is 22.0 Å². The Hall–Kier alpha value is -2.48. The number of rotatable bonds is 2. The lowest BCUT2D eigenvalue weighted by Crippen LogP contribution is -1.86. The van der Waals surface area contributed by atoms with E-state index in [1.807, 2.05) is 37.4 Å². The van der Waals surface area contributed by atoms with Gasteiger partial charge in [0.2, 0.25) is 0 Å². The van der Waals surface area contributed by atoms with Gasteiger partial charge in [-0.1, -0.05) is 42.5 Å². The van der Waals surface area contributed by atoms with Crippen LogP contribution in [0.1, 0.15) is 5.56 Å². The largest absolute Gasteiger partial charge is 0.262 e. The Bertz CT molecular complexity index is 746. The molecule has 0 aliphatic carbocycles. The van der Waals surface area contributed by atoms with Crippen molar-refractivity contribution in [3.8, 4) is 11.1 Å². The topological polar surface area (TPSA) is 25.2 Å². The minimum absolute atomic E-state index is 0.871. The molecule has 0 saturated carbocycles. The maximum Gasteiger partial charge on any atom is 0.0967 e. The number of aromatic nitrogens is 1. The van der Waals surface area contributed by atoms with Gasteiger partial charge in [-0.25, -0.2) is 0 Å². The molecule has 3 aromatic rings. The molecular weight excluding hydrogens is 232 g/mol. The maximum absolute atomic E-state index is 4.47. The summed E-state index contributed by atoms with van der Waals surface area (Å²) in [4.78, 5) is 8.59. The third kappa shape index (κ3) is 1.91. The molecule has 0 fully saturated rings. The first-order chi connectivity index (χ1) is 9.31. The smallest absolute Gasteiger partial charge is 0.0967 e. The summed E-state index contributed by atoms with van der Waals surface area (Å²) in [6, 6.07) is 16.5. The van der Waals surface area contributed by atoms with Gasteiger partial charge in [0.15, 0.2) is 0 Å². The van der Waals surface area contributed by atoms with E-state index in [2.05, 4.69) is 41.0 Å². The van der Waals surface area contributed by atoms with Crippen molar-refractivity contribution in [1.82, 2.24) is 4.98 Å². The minimum atomic E-state index is 0.871. The second-order valence-electron chi connectivity index (χ2n) is 4.51. The summed E-state index contributed by atoms with van der Waals surface area (Å²) in [7, 11) is 0. The molecule has 0 atom stereocenters. The summed E-state index contributed by atoms with van der Waals surface area (Å²) in [6.45, 7) is 5.68. The Morgan fingerprint density at radius 1 is 1.00 bits per heavy atom. The second-order valence-corrected chi connectivity index (χ2v) is 4.51. The summed E-state index contributed by atoms with van der Waals surface area (Å²) in [5, 5.41) is 1.11. The van der Waals surface area contributed by atoms with Gasteiger partial charge in [-0.15, -0.1) is 0 Å². The third-order valence-corrected chi connectivity index (χ3v) is 3.33. The highest BCUT2D eigenvalue weighted by Gasteiger charge is 2.09. The van der Waals surface area contributed by atoms with E-state index in [9.17, 15) is 0 Å². The van der Waals surface area contributed by atoms with Gasteiger partial charge in [-0.3, -0.25) is 9.98 Å². The van der Waals surface area contributed by atoms with E-state index in [0.29, 0.717) is 0 Å². The monoisotopic (exact) mass is 246 g/mol. The Morgan fingerprint density at radius 2 is 1.79 bits per heavy atom. The molecule has 0 saturated heterocycles. The standard InChI is InChI=1S/C17H14N2/c1-12-8-9-15-14(13-6-4-3-5-7-13)10-11-19-17(15)16(12)18-2/h3-11H,2H2,1H3. The van der Waals surface area contributed by atoms with Gasteiger partial charge in [0.05, 0.1) is 11.2 Å². The number of fused-ring (bicyclic) bond motifs is 1. The molecule has 0 spiro atoms. The lowest BCUT2D eigenvalue weighted by Gasteiger charge is -2.09. The summed E-state index contributed by atoms with van der Waals surface area (Å²) < 4.78 is 0. The molecule has 0 aliphatic heterocycles. The molecule has 0 amide bonds.